The lowest BCUT2D eigenvalue weighted by Gasteiger charge is -2.37. The highest BCUT2D eigenvalue weighted by Crippen LogP contribution is 2.33. The van der Waals surface area contributed by atoms with Crippen molar-refractivity contribution < 1.29 is 9.53 Å². The van der Waals surface area contributed by atoms with Gasteiger partial charge >= 0.3 is 6.03 Å². The van der Waals surface area contributed by atoms with Crippen LogP contribution in [0.1, 0.15) is 30.7 Å². The number of ether oxygens (including phenoxy) is 1. The molecule has 36 heavy (non-hydrogen) atoms. The number of nitrogens with one attached hydrogen (secondary N) is 2. The predicted octanol–water partition coefficient (Wildman–Crippen LogP) is 3.17. The SMILES string of the molecule is CCNC(=O)Nc1ccc(-c2nc3c(c(N4CCOCC4C)n2)CCN(c2ncccn2)C3)cc1C. The van der Waals surface area contributed by atoms with Crippen molar-refractivity contribution in [3.8, 4) is 11.4 Å². The number of aromatic nitrogens is 4. The molecular weight excluding hydrogens is 456 g/mol. The second kappa shape index (κ2) is 10.4. The average Bonchev–Trinajstić information content (AvgIpc) is 2.90. The van der Waals surface area contributed by atoms with Gasteiger partial charge < -0.3 is 25.2 Å². The Morgan fingerprint density at radius 3 is 2.78 bits per heavy atom. The number of amides is 2. The van der Waals surface area contributed by atoms with E-state index in [0.717, 1.165) is 47.8 Å². The lowest BCUT2D eigenvalue weighted by molar-refractivity contribution is 0.0984. The van der Waals surface area contributed by atoms with Crippen molar-refractivity contribution in [2.24, 2.45) is 0 Å². The Balaban J connectivity index is 1.53. The zero-order valence-electron chi connectivity index (χ0n) is 21.0. The summed E-state index contributed by atoms with van der Waals surface area (Å²) in [6, 6.07) is 7.73. The van der Waals surface area contributed by atoms with Crippen LogP contribution in [0.25, 0.3) is 11.4 Å². The molecule has 1 fully saturated rings. The van der Waals surface area contributed by atoms with E-state index in [4.69, 9.17) is 14.7 Å². The van der Waals surface area contributed by atoms with E-state index >= 15 is 0 Å². The standard InChI is InChI=1S/C26H32N8O2/c1-4-27-26(35)31-21-7-6-19(14-17(21)2)23-30-22-15-33(25-28-9-5-10-29-25)11-8-20(22)24(32-23)34-12-13-36-16-18(34)3/h5-7,9-10,14,18H,4,8,11-13,15-16H2,1-3H3,(H2,27,31,35). The second-order valence-electron chi connectivity index (χ2n) is 9.15. The maximum atomic E-state index is 12.0. The van der Waals surface area contributed by atoms with Crippen molar-refractivity contribution in [3.05, 3.63) is 53.5 Å². The van der Waals surface area contributed by atoms with Crippen molar-refractivity contribution >= 4 is 23.5 Å². The van der Waals surface area contributed by atoms with Crippen LogP contribution < -0.4 is 20.4 Å². The van der Waals surface area contributed by atoms with Gasteiger partial charge in [-0.2, -0.15) is 0 Å². The Labute approximate surface area is 211 Å². The van der Waals surface area contributed by atoms with Gasteiger partial charge in [0.05, 0.1) is 31.5 Å². The minimum atomic E-state index is -0.217. The topological polar surface area (TPSA) is 108 Å². The minimum absolute atomic E-state index is 0.217. The summed E-state index contributed by atoms with van der Waals surface area (Å²) in [5.41, 5.74) is 4.80. The van der Waals surface area contributed by atoms with Crippen molar-refractivity contribution in [2.75, 3.05) is 48.0 Å². The molecule has 10 nitrogen and oxygen atoms in total. The predicted molar refractivity (Wildman–Crippen MR) is 139 cm³/mol. The molecule has 2 aliphatic heterocycles. The Morgan fingerprint density at radius 2 is 2.03 bits per heavy atom. The molecule has 1 saturated heterocycles. The lowest BCUT2D eigenvalue weighted by Crippen LogP contribution is -2.45. The first-order valence-corrected chi connectivity index (χ1v) is 12.5. The van der Waals surface area contributed by atoms with Crippen LogP contribution in [0, 0.1) is 6.92 Å². The molecule has 3 aromatic rings. The average molecular weight is 489 g/mol. The summed E-state index contributed by atoms with van der Waals surface area (Å²) < 4.78 is 5.70. The Bertz CT molecular complexity index is 1240. The number of hydrogen-bond acceptors (Lipinski definition) is 8. The molecule has 0 bridgehead atoms. The summed E-state index contributed by atoms with van der Waals surface area (Å²) in [5, 5.41) is 5.66. The van der Waals surface area contributed by atoms with Gasteiger partial charge in [0.15, 0.2) is 5.82 Å². The highest BCUT2D eigenvalue weighted by molar-refractivity contribution is 5.90. The highest BCUT2D eigenvalue weighted by atomic mass is 16.5. The molecule has 1 aromatic carbocycles. The number of rotatable bonds is 5. The van der Waals surface area contributed by atoms with E-state index in [9.17, 15) is 4.79 Å². The molecule has 0 aliphatic carbocycles. The maximum absolute atomic E-state index is 12.0. The number of carbonyl (C=O) groups is 1. The summed E-state index contributed by atoms with van der Waals surface area (Å²) in [4.78, 5) is 35.5. The molecule has 0 spiro atoms. The summed E-state index contributed by atoms with van der Waals surface area (Å²) in [6.45, 7) is 10.2. The third kappa shape index (κ3) is 4.94. The molecule has 2 aromatic heterocycles. The van der Waals surface area contributed by atoms with Gasteiger partial charge in [0, 0.05) is 48.8 Å². The summed E-state index contributed by atoms with van der Waals surface area (Å²) in [6.07, 6.45) is 4.36. The number of nitrogens with zero attached hydrogens (tertiary/aromatic N) is 6. The number of aryl methyl sites for hydroxylation is 1. The number of anilines is 3. The van der Waals surface area contributed by atoms with Crippen molar-refractivity contribution in [1.82, 2.24) is 25.3 Å². The van der Waals surface area contributed by atoms with Crippen molar-refractivity contribution in [1.29, 1.82) is 0 Å². The number of morpholine rings is 1. The summed E-state index contributed by atoms with van der Waals surface area (Å²) in [5.74, 6) is 2.37. The van der Waals surface area contributed by atoms with E-state index in [1.807, 2.05) is 38.1 Å². The Kier molecular flexibility index (Phi) is 6.95. The van der Waals surface area contributed by atoms with Crippen LogP contribution in [0.15, 0.2) is 36.7 Å². The smallest absolute Gasteiger partial charge is 0.319 e. The minimum Gasteiger partial charge on any atom is -0.377 e. The van der Waals surface area contributed by atoms with Crippen LogP contribution in [-0.4, -0.2) is 64.9 Å². The highest BCUT2D eigenvalue weighted by Gasteiger charge is 2.29. The third-order valence-corrected chi connectivity index (χ3v) is 6.59. The number of hydrogen-bond donors (Lipinski definition) is 2. The lowest BCUT2D eigenvalue weighted by atomic mass is 10.0. The largest absolute Gasteiger partial charge is 0.377 e. The number of benzene rings is 1. The molecule has 0 saturated carbocycles. The van der Waals surface area contributed by atoms with Gasteiger partial charge in [-0.3, -0.25) is 0 Å². The molecule has 2 aliphatic rings. The van der Waals surface area contributed by atoms with E-state index in [1.165, 1.54) is 5.56 Å². The first-order chi connectivity index (χ1) is 17.5. The Hall–Kier alpha value is -3.79. The van der Waals surface area contributed by atoms with Gasteiger partial charge in [0.2, 0.25) is 5.95 Å². The van der Waals surface area contributed by atoms with Gasteiger partial charge in [-0.15, -0.1) is 0 Å². The van der Waals surface area contributed by atoms with Crippen molar-refractivity contribution in [3.63, 3.8) is 0 Å². The molecule has 2 amide bonds. The monoisotopic (exact) mass is 488 g/mol. The van der Waals surface area contributed by atoms with E-state index < -0.39 is 0 Å². The third-order valence-electron chi connectivity index (χ3n) is 6.59. The fraction of sp³-hybridized carbons (Fsp3) is 0.423. The van der Waals surface area contributed by atoms with E-state index in [2.05, 4.69) is 37.3 Å². The van der Waals surface area contributed by atoms with Crippen LogP contribution in [0.3, 0.4) is 0 Å². The molecule has 0 radical (unpaired) electrons. The molecule has 10 heteroatoms. The quantitative estimate of drug-likeness (QED) is 0.564. The summed E-state index contributed by atoms with van der Waals surface area (Å²) in [7, 11) is 0. The van der Waals surface area contributed by atoms with Crippen LogP contribution >= 0.6 is 0 Å². The molecular formula is C26H32N8O2. The molecule has 5 rings (SSSR count). The van der Waals surface area contributed by atoms with E-state index in [0.29, 0.717) is 38.1 Å². The van der Waals surface area contributed by atoms with E-state index in [-0.39, 0.29) is 12.1 Å². The van der Waals surface area contributed by atoms with Crippen molar-refractivity contribution in [2.45, 2.75) is 39.8 Å². The van der Waals surface area contributed by atoms with Crippen LogP contribution in [0.4, 0.5) is 22.2 Å². The number of fused-ring (bicyclic) bond motifs is 1. The van der Waals surface area contributed by atoms with Gasteiger partial charge in [0.1, 0.15) is 5.82 Å². The van der Waals surface area contributed by atoms with Crippen LogP contribution in [0.5, 0.6) is 0 Å². The van der Waals surface area contributed by atoms with Gasteiger partial charge in [-0.1, -0.05) is 0 Å². The zero-order valence-corrected chi connectivity index (χ0v) is 21.0. The Morgan fingerprint density at radius 1 is 1.19 bits per heavy atom. The first-order valence-electron chi connectivity index (χ1n) is 12.5. The molecule has 1 atom stereocenters. The van der Waals surface area contributed by atoms with E-state index in [1.54, 1.807) is 12.4 Å². The summed E-state index contributed by atoms with van der Waals surface area (Å²) >= 11 is 0. The fourth-order valence-corrected chi connectivity index (χ4v) is 4.71. The number of urea groups is 1. The normalized spacial score (nSPS) is 17.5. The second-order valence-corrected chi connectivity index (χ2v) is 9.15. The van der Waals surface area contributed by atoms with Crippen LogP contribution in [0.2, 0.25) is 0 Å². The first kappa shape index (κ1) is 23.9. The maximum Gasteiger partial charge on any atom is 0.319 e. The number of carbonyl (C=O) groups excluding carboxylic acids is 1. The fourth-order valence-electron chi connectivity index (χ4n) is 4.71. The van der Waals surface area contributed by atoms with Crippen LogP contribution in [-0.2, 0) is 17.7 Å². The van der Waals surface area contributed by atoms with Gasteiger partial charge in [-0.25, -0.2) is 24.7 Å². The van der Waals surface area contributed by atoms with Gasteiger partial charge in [0.25, 0.3) is 0 Å². The molecule has 188 valence electrons. The molecule has 4 heterocycles. The van der Waals surface area contributed by atoms with Gasteiger partial charge in [-0.05, 0) is 57.0 Å². The molecule has 1 unspecified atom stereocenters. The molecule has 2 N–H and O–H groups in total. The zero-order chi connectivity index (χ0) is 25.1.